The molecule has 2 N–H and O–H groups in total. The van der Waals surface area contributed by atoms with Gasteiger partial charge in [0.15, 0.2) is 0 Å². The molecule has 3 atom stereocenters. The van der Waals surface area contributed by atoms with Crippen LogP contribution in [0.15, 0.2) is 0 Å². The number of likely N-dealkylation sites (tertiary alicyclic amines) is 1. The number of hydrogen-bond donors (Lipinski definition) is 1. The lowest BCUT2D eigenvalue weighted by Gasteiger charge is -2.38. The van der Waals surface area contributed by atoms with Crippen molar-refractivity contribution in [1.82, 2.24) is 4.90 Å². The minimum atomic E-state index is 0.795. The third-order valence-electron chi connectivity index (χ3n) is 5.61. The van der Waals surface area contributed by atoms with Crippen molar-refractivity contribution in [2.24, 2.45) is 23.5 Å². The number of hydrogen-bond acceptors (Lipinski definition) is 2. The zero-order chi connectivity index (χ0) is 13.7. The molecule has 1 saturated heterocycles. The van der Waals surface area contributed by atoms with E-state index in [9.17, 15) is 0 Å². The Kier molecular flexibility index (Phi) is 6.15. The van der Waals surface area contributed by atoms with Crippen molar-refractivity contribution in [3.63, 3.8) is 0 Å². The summed E-state index contributed by atoms with van der Waals surface area (Å²) in [6.45, 7) is 8.28. The molecule has 1 heterocycles. The largest absolute Gasteiger partial charge is 0.330 e. The minimum Gasteiger partial charge on any atom is -0.330 e. The monoisotopic (exact) mass is 266 g/mol. The number of rotatable bonds is 7. The Morgan fingerprint density at radius 1 is 1.11 bits per heavy atom. The van der Waals surface area contributed by atoms with Gasteiger partial charge in [0.25, 0.3) is 0 Å². The Labute approximate surface area is 120 Å². The summed E-state index contributed by atoms with van der Waals surface area (Å²) in [4.78, 5) is 2.82. The van der Waals surface area contributed by atoms with E-state index in [0.29, 0.717) is 0 Å². The molecule has 0 aromatic rings. The Balaban J connectivity index is 1.72. The molecule has 2 rings (SSSR count). The maximum atomic E-state index is 5.74. The molecule has 3 unspecified atom stereocenters. The predicted octanol–water partition coefficient (Wildman–Crippen LogP) is 3.65. The summed E-state index contributed by atoms with van der Waals surface area (Å²) in [6, 6.07) is 0.945. The van der Waals surface area contributed by atoms with Crippen LogP contribution in [0.25, 0.3) is 0 Å². The van der Waals surface area contributed by atoms with Crippen molar-refractivity contribution in [3.8, 4) is 0 Å². The molecule has 0 amide bonds. The summed E-state index contributed by atoms with van der Waals surface area (Å²) in [5.41, 5.74) is 5.74. The Bertz CT molecular complexity index is 252. The smallest absolute Gasteiger partial charge is 0.0123 e. The fourth-order valence-corrected chi connectivity index (χ4v) is 4.42. The number of nitrogens with two attached hydrogens (primary N) is 1. The standard InChI is InChI=1S/C17H34N2/c1-14(2)15(10-11-18)7-4-12-19-13-5-8-16-6-3-9-17(16)19/h14-17H,3-13,18H2,1-2H3. The number of fused-ring (bicyclic) bond motifs is 1. The Morgan fingerprint density at radius 3 is 2.63 bits per heavy atom. The highest BCUT2D eigenvalue weighted by Gasteiger charge is 2.34. The van der Waals surface area contributed by atoms with Crippen molar-refractivity contribution in [3.05, 3.63) is 0 Å². The Hall–Kier alpha value is -0.0800. The maximum Gasteiger partial charge on any atom is 0.0123 e. The van der Waals surface area contributed by atoms with E-state index >= 15 is 0 Å². The summed E-state index contributed by atoms with van der Waals surface area (Å²) in [6.07, 6.45) is 11.4. The molecule has 0 aromatic heterocycles. The van der Waals surface area contributed by atoms with E-state index in [-0.39, 0.29) is 0 Å². The van der Waals surface area contributed by atoms with Crippen molar-refractivity contribution in [2.45, 2.75) is 71.3 Å². The van der Waals surface area contributed by atoms with Gasteiger partial charge >= 0.3 is 0 Å². The quantitative estimate of drug-likeness (QED) is 0.762. The van der Waals surface area contributed by atoms with E-state index in [2.05, 4.69) is 18.7 Å². The van der Waals surface area contributed by atoms with Gasteiger partial charge in [-0.25, -0.2) is 0 Å². The normalized spacial score (nSPS) is 29.7. The second-order valence-electron chi connectivity index (χ2n) is 7.16. The van der Waals surface area contributed by atoms with Gasteiger partial charge < -0.3 is 10.6 Å². The summed E-state index contributed by atoms with van der Waals surface area (Å²) in [7, 11) is 0. The van der Waals surface area contributed by atoms with Crippen LogP contribution in [0.5, 0.6) is 0 Å². The summed E-state index contributed by atoms with van der Waals surface area (Å²) in [5.74, 6) is 2.68. The molecule has 2 heteroatoms. The number of piperidine rings is 1. The molecular weight excluding hydrogens is 232 g/mol. The van der Waals surface area contributed by atoms with Crippen molar-refractivity contribution < 1.29 is 0 Å². The molecule has 1 saturated carbocycles. The van der Waals surface area contributed by atoms with Gasteiger partial charge in [0.05, 0.1) is 0 Å². The third-order valence-corrected chi connectivity index (χ3v) is 5.61. The topological polar surface area (TPSA) is 29.3 Å². The molecule has 2 nitrogen and oxygen atoms in total. The number of nitrogens with zero attached hydrogens (tertiary/aromatic N) is 1. The SMILES string of the molecule is CC(C)C(CCN)CCCN1CCCC2CCCC21. The molecule has 0 spiro atoms. The van der Waals surface area contributed by atoms with Crippen LogP contribution in [0.1, 0.15) is 65.2 Å². The maximum absolute atomic E-state index is 5.74. The minimum absolute atomic E-state index is 0.795. The van der Waals surface area contributed by atoms with Crippen LogP contribution < -0.4 is 5.73 Å². The van der Waals surface area contributed by atoms with Crippen LogP contribution >= 0.6 is 0 Å². The Morgan fingerprint density at radius 2 is 1.89 bits per heavy atom. The fourth-order valence-electron chi connectivity index (χ4n) is 4.42. The van der Waals surface area contributed by atoms with Gasteiger partial charge in [-0.3, -0.25) is 0 Å². The highest BCUT2D eigenvalue weighted by molar-refractivity contribution is 4.89. The van der Waals surface area contributed by atoms with Crippen LogP contribution in [0.4, 0.5) is 0 Å². The highest BCUT2D eigenvalue weighted by atomic mass is 15.2. The molecular formula is C17H34N2. The van der Waals surface area contributed by atoms with E-state index in [1.54, 1.807) is 0 Å². The summed E-state index contributed by atoms with van der Waals surface area (Å²) < 4.78 is 0. The van der Waals surface area contributed by atoms with Gasteiger partial charge in [-0.05, 0) is 82.3 Å². The van der Waals surface area contributed by atoms with Crippen LogP contribution in [0, 0.1) is 17.8 Å². The van der Waals surface area contributed by atoms with Crippen molar-refractivity contribution in [1.29, 1.82) is 0 Å². The molecule has 0 radical (unpaired) electrons. The molecule has 0 bridgehead atoms. The molecule has 112 valence electrons. The second-order valence-corrected chi connectivity index (χ2v) is 7.16. The lowest BCUT2D eigenvalue weighted by Crippen LogP contribution is -2.43. The fraction of sp³-hybridized carbons (Fsp3) is 1.00. The lowest BCUT2D eigenvalue weighted by atomic mass is 9.87. The average molecular weight is 266 g/mol. The van der Waals surface area contributed by atoms with Crippen LogP contribution in [-0.4, -0.2) is 30.6 Å². The van der Waals surface area contributed by atoms with Gasteiger partial charge in [0.2, 0.25) is 0 Å². The van der Waals surface area contributed by atoms with Gasteiger partial charge in [-0.1, -0.05) is 20.3 Å². The first-order chi connectivity index (χ1) is 9.22. The lowest BCUT2D eigenvalue weighted by molar-refractivity contribution is 0.108. The highest BCUT2D eigenvalue weighted by Crippen LogP contribution is 2.36. The first-order valence-electron chi connectivity index (χ1n) is 8.66. The van der Waals surface area contributed by atoms with Gasteiger partial charge in [0.1, 0.15) is 0 Å². The van der Waals surface area contributed by atoms with E-state index < -0.39 is 0 Å². The van der Waals surface area contributed by atoms with E-state index in [4.69, 9.17) is 5.73 Å². The van der Waals surface area contributed by atoms with Crippen molar-refractivity contribution in [2.75, 3.05) is 19.6 Å². The van der Waals surface area contributed by atoms with Crippen molar-refractivity contribution >= 4 is 0 Å². The van der Waals surface area contributed by atoms with Gasteiger partial charge in [-0.2, -0.15) is 0 Å². The van der Waals surface area contributed by atoms with E-state index in [1.807, 2.05) is 0 Å². The zero-order valence-corrected chi connectivity index (χ0v) is 13.1. The molecule has 2 fully saturated rings. The van der Waals surface area contributed by atoms with Gasteiger partial charge in [0, 0.05) is 6.04 Å². The van der Waals surface area contributed by atoms with Crippen LogP contribution in [0.2, 0.25) is 0 Å². The van der Waals surface area contributed by atoms with E-state index in [0.717, 1.165) is 30.3 Å². The third kappa shape index (κ3) is 4.19. The summed E-state index contributed by atoms with van der Waals surface area (Å²) >= 11 is 0. The first-order valence-corrected chi connectivity index (χ1v) is 8.66. The molecule has 1 aliphatic carbocycles. The molecule has 1 aliphatic heterocycles. The zero-order valence-electron chi connectivity index (χ0n) is 13.1. The first kappa shape index (κ1) is 15.3. The molecule has 19 heavy (non-hydrogen) atoms. The van der Waals surface area contributed by atoms with Gasteiger partial charge in [-0.15, -0.1) is 0 Å². The second kappa shape index (κ2) is 7.64. The summed E-state index contributed by atoms with van der Waals surface area (Å²) in [5, 5.41) is 0. The van der Waals surface area contributed by atoms with Crippen LogP contribution in [0.3, 0.4) is 0 Å². The van der Waals surface area contributed by atoms with Crippen LogP contribution in [-0.2, 0) is 0 Å². The molecule has 2 aliphatic rings. The predicted molar refractivity (Wildman–Crippen MR) is 83.2 cm³/mol. The molecule has 0 aromatic carbocycles. The van der Waals surface area contributed by atoms with E-state index in [1.165, 1.54) is 64.5 Å². The average Bonchev–Trinajstić information content (AvgIpc) is 2.86.